The van der Waals surface area contributed by atoms with Gasteiger partial charge in [0, 0.05) is 0 Å². The number of hydrogen-bond acceptors (Lipinski definition) is 6. The van der Waals surface area contributed by atoms with Crippen molar-refractivity contribution in [1.29, 1.82) is 0 Å². The molecule has 1 aliphatic rings. The number of rotatable bonds is 13. The SMILES string of the molecule is C=CCOC1S[C@H](CO)[C@@H](OCC=C)[C@H](OCC=C)[C@H]1OCC=C. The second-order valence-electron chi connectivity index (χ2n) is 5.11. The van der Waals surface area contributed by atoms with Crippen molar-refractivity contribution in [2.75, 3.05) is 33.0 Å². The van der Waals surface area contributed by atoms with Gasteiger partial charge in [-0.05, 0) is 0 Å². The van der Waals surface area contributed by atoms with E-state index in [0.717, 1.165) is 0 Å². The second kappa shape index (κ2) is 12.5. The summed E-state index contributed by atoms with van der Waals surface area (Å²) in [7, 11) is 0. The van der Waals surface area contributed by atoms with E-state index in [-0.39, 0.29) is 29.5 Å². The summed E-state index contributed by atoms with van der Waals surface area (Å²) < 4.78 is 23.5. The normalized spacial score (nSPS) is 29.8. The van der Waals surface area contributed by atoms with Crippen LogP contribution in [0.1, 0.15) is 0 Å². The Balaban J connectivity index is 3.02. The van der Waals surface area contributed by atoms with Gasteiger partial charge in [-0.1, -0.05) is 24.3 Å². The first-order valence-corrected chi connectivity index (χ1v) is 8.84. The highest BCUT2D eigenvalue weighted by atomic mass is 32.2. The molecule has 1 saturated heterocycles. The summed E-state index contributed by atoms with van der Waals surface area (Å²) in [5.74, 6) is 0. The Morgan fingerprint density at radius 2 is 1.17 bits per heavy atom. The molecule has 1 aliphatic heterocycles. The third-order valence-electron chi connectivity index (χ3n) is 3.37. The first kappa shape index (κ1) is 21.2. The smallest absolute Gasteiger partial charge is 0.132 e. The molecule has 0 saturated carbocycles. The van der Waals surface area contributed by atoms with Crippen LogP contribution in [0.4, 0.5) is 0 Å². The zero-order chi connectivity index (χ0) is 17.8. The van der Waals surface area contributed by atoms with E-state index in [1.165, 1.54) is 11.8 Å². The molecule has 1 rings (SSSR count). The number of aliphatic hydroxyl groups excluding tert-OH is 1. The second-order valence-corrected chi connectivity index (χ2v) is 6.45. The predicted octanol–water partition coefficient (Wildman–Crippen LogP) is 2.34. The molecule has 5 atom stereocenters. The van der Waals surface area contributed by atoms with Crippen molar-refractivity contribution in [3.8, 4) is 0 Å². The molecule has 0 aliphatic carbocycles. The average molecular weight is 356 g/mol. The van der Waals surface area contributed by atoms with Gasteiger partial charge in [0.25, 0.3) is 0 Å². The Labute approximate surface area is 149 Å². The fourth-order valence-electron chi connectivity index (χ4n) is 2.43. The van der Waals surface area contributed by atoms with Gasteiger partial charge >= 0.3 is 0 Å². The maximum absolute atomic E-state index is 9.77. The molecule has 0 aromatic heterocycles. The van der Waals surface area contributed by atoms with E-state index in [9.17, 15) is 5.11 Å². The van der Waals surface area contributed by atoms with E-state index in [2.05, 4.69) is 26.3 Å². The summed E-state index contributed by atoms with van der Waals surface area (Å²) in [6.07, 6.45) is 5.57. The Bertz CT molecular complexity index is 401. The average Bonchev–Trinajstić information content (AvgIpc) is 2.61. The van der Waals surface area contributed by atoms with Gasteiger partial charge in [0.15, 0.2) is 0 Å². The van der Waals surface area contributed by atoms with Crippen LogP contribution in [0, 0.1) is 0 Å². The van der Waals surface area contributed by atoms with Crippen LogP contribution in [0.3, 0.4) is 0 Å². The minimum atomic E-state index is -0.406. The van der Waals surface area contributed by atoms with Crippen LogP contribution in [0.15, 0.2) is 50.6 Å². The summed E-state index contributed by atoms with van der Waals surface area (Å²) in [6.45, 7) is 16.1. The Kier molecular flexibility index (Phi) is 11.0. The minimum Gasteiger partial charge on any atom is -0.395 e. The summed E-state index contributed by atoms with van der Waals surface area (Å²) in [5.41, 5.74) is -0.307. The molecule has 1 unspecified atom stereocenters. The quantitative estimate of drug-likeness (QED) is 0.511. The third-order valence-corrected chi connectivity index (χ3v) is 4.81. The van der Waals surface area contributed by atoms with Crippen LogP contribution in [0.25, 0.3) is 0 Å². The summed E-state index contributed by atoms with van der Waals surface area (Å²) in [6, 6.07) is 0. The molecule has 0 aromatic carbocycles. The highest BCUT2D eigenvalue weighted by Crippen LogP contribution is 2.38. The van der Waals surface area contributed by atoms with Gasteiger partial charge in [-0.15, -0.1) is 38.1 Å². The van der Waals surface area contributed by atoms with Gasteiger partial charge in [0.2, 0.25) is 0 Å². The fraction of sp³-hybridized carbons (Fsp3) is 0.556. The first-order valence-electron chi connectivity index (χ1n) is 7.89. The summed E-state index contributed by atoms with van der Waals surface area (Å²) in [4.78, 5) is 0. The van der Waals surface area contributed by atoms with E-state index in [1.807, 2.05) is 0 Å². The molecular formula is C18H28O5S. The van der Waals surface area contributed by atoms with Crippen molar-refractivity contribution in [2.24, 2.45) is 0 Å². The number of aliphatic hydroxyl groups is 1. The standard InChI is InChI=1S/C18H28O5S/c1-5-9-20-15-14(13-19)24-18(23-12-8-4)17(22-11-7-3)16(15)21-10-6-2/h5-8,14-19H,1-4,9-13H2/t14-,15-,16+,17-,18?/m1/s1. The maximum atomic E-state index is 9.77. The van der Waals surface area contributed by atoms with Gasteiger partial charge in [-0.3, -0.25) is 0 Å². The van der Waals surface area contributed by atoms with Crippen LogP contribution < -0.4 is 0 Å². The number of thioether (sulfide) groups is 1. The van der Waals surface area contributed by atoms with Gasteiger partial charge in [0.05, 0.1) is 38.3 Å². The molecule has 1 fully saturated rings. The summed E-state index contributed by atoms with van der Waals surface area (Å²) in [5, 5.41) is 9.58. The molecule has 0 amide bonds. The summed E-state index contributed by atoms with van der Waals surface area (Å²) >= 11 is 1.48. The molecule has 1 N–H and O–H groups in total. The van der Waals surface area contributed by atoms with Gasteiger partial charge in [0.1, 0.15) is 23.7 Å². The Hall–Kier alpha value is -0.890. The van der Waals surface area contributed by atoms with E-state index in [0.29, 0.717) is 26.4 Å². The van der Waals surface area contributed by atoms with Crippen molar-refractivity contribution in [3.05, 3.63) is 50.6 Å². The lowest BCUT2D eigenvalue weighted by molar-refractivity contribution is -0.159. The third kappa shape index (κ3) is 6.20. The van der Waals surface area contributed by atoms with Gasteiger partial charge < -0.3 is 24.1 Å². The van der Waals surface area contributed by atoms with Crippen LogP contribution in [0.5, 0.6) is 0 Å². The largest absolute Gasteiger partial charge is 0.395 e. The lowest BCUT2D eigenvalue weighted by Gasteiger charge is -2.44. The van der Waals surface area contributed by atoms with Crippen LogP contribution in [-0.2, 0) is 18.9 Å². The predicted molar refractivity (Wildman–Crippen MR) is 98.2 cm³/mol. The Morgan fingerprint density at radius 3 is 1.67 bits per heavy atom. The van der Waals surface area contributed by atoms with E-state index in [4.69, 9.17) is 18.9 Å². The van der Waals surface area contributed by atoms with Gasteiger partial charge in [-0.25, -0.2) is 0 Å². The highest BCUT2D eigenvalue weighted by Gasteiger charge is 2.47. The van der Waals surface area contributed by atoms with Crippen molar-refractivity contribution in [3.63, 3.8) is 0 Å². The minimum absolute atomic E-state index is 0.0530. The van der Waals surface area contributed by atoms with Gasteiger partial charge in [-0.2, -0.15) is 0 Å². The van der Waals surface area contributed by atoms with E-state index >= 15 is 0 Å². The van der Waals surface area contributed by atoms with E-state index < -0.39 is 6.10 Å². The molecule has 0 radical (unpaired) electrons. The highest BCUT2D eigenvalue weighted by molar-refractivity contribution is 8.00. The molecule has 1 heterocycles. The maximum Gasteiger partial charge on any atom is 0.132 e. The lowest BCUT2D eigenvalue weighted by atomic mass is 10.0. The lowest BCUT2D eigenvalue weighted by Crippen LogP contribution is -2.58. The monoisotopic (exact) mass is 356 g/mol. The molecule has 0 aromatic rings. The number of ether oxygens (including phenoxy) is 4. The topological polar surface area (TPSA) is 57.2 Å². The van der Waals surface area contributed by atoms with Crippen molar-refractivity contribution >= 4 is 11.8 Å². The fourth-order valence-corrected chi connectivity index (χ4v) is 3.79. The molecule has 6 heteroatoms. The van der Waals surface area contributed by atoms with Crippen molar-refractivity contribution in [1.82, 2.24) is 0 Å². The van der Waals surface area contributed by atoms with Crippen LogP contribution in [-0.4, -0.2) is 67.1 Å². The first-order chi connectivity index (χ1) is 11.7. The van der Waals surface area contributed by atoms with Crippen molar-refractivity contribution < 1.29 is 24.1 Å². The molecule has 24 heavy (non-hydrogen) atoms. The molecule has 0 spiro atoms. The van der Waals surface area contributed by atoms with E-state index in [1.54, 1.807) is 24.3 Å². The zero-order valence-electron chi connectivity index (χ0n) is 14.0. The van der Waals surface area contributed by atoms with Crippen molar-refractivity contribution in [2.45, 2.75) is 29.0 Å². The molecule has 0 bridgehead atoms. The molecule has 136 valence electrons. The Morgan fingerprint density at radius 1 is 0.708 bits per heavy atom. The van der Waals surface area contributed by atoms with Crippen LogP contribution >= 0.6 is 11.8 Å². The zero-order valence-corrected chi connectivity index (χ0v) is 14.9. The molecular weight excluding hydrogens is 328 g/mol. The molecule has 5 nitrogen and oxygen atoms in total. The number of hydrogen-bond donors (Lipinski definition) is 1. The van der Waals surface area contributed by atoms with Crippen LogP contribution in [0.2, 0.25) is 0 Å².